The van der Waals surface area contributed by atoms with Gasteiger partial charge >= 0.3 is 0 Å². The summed E-state index contributed by atoms with van der Waals surface area (Å²) in [4.78, 5) is 12.5. The number of halogens is 1. The standard InChI is InChI=1S/C17H16FNO/c1-12-2-4-13(5-3-12)17(10-11-17)16(20)19-15-8-6-14(18)7-9-15/h2-9H,10-11H2,1H3,(H,19,20). The van der Waals surface area contributed by atoms with Crippen LogP contribution in [0.2, 0.25) is 0 Å². The zero-order valence-corrected chi connectivity index (χ0v) is 11.3. The van der Waals surface area contributed by atoms with Gasteiger partial charge in [-0.05, 0) is 49.6 Å². The Morgan fingerprint density at radius 2 is 1.65 bits per heavy atom. The summed E-state index contributed by atoms with van der Waals surface area (Å²) in [5.74, 6) is -0.310. The van der Waals surface area contributed by atoms with E-state index in [1.54, 1.807) is 12.1 Å². The molecule has 0 saturated heterocycles. The Kier molecular flexibility index (Phi) is 3.05. The molecule has 0 atom stereocenters. The number of hydrogen-bond donors (Lipinski definition) is 1. The molecule has 0 heterocycles. The maximum atomic E-state index is 12.9. The number of nitrogens with one attached hydrogen (secondary N) is 1. The summed E-state index contributed by atoms with van der Waals surface area (Å²) in [5, 5.41) is 2.88. The Morgan fingerprint density at radius 3 is 2.20 bits per heavy atom. The Morgan fingerprint density at radius 1 is 1.05 bits per heavy atom. The van der Waals surface area contributed by atoms with Crippen LogP contribution in [0, 0.1) is 12.7 Å². The third-order valence-corrected chi connectivity index (χ3v) is 3.89. The van der Waals surface area contributed by atoms with Gasteiger partial charge in [0.25, 0.3) is 0 Å². The van der Waals surface area contributed by atoms with Crippen LogP contribution >= 0.6 is 0 Å². The lowest BCUT2D eigenvalue weighted by Gasteiger charge is -2.16. The van der Waals surface area contributed by atoms with Crippen molar-refractivity contribution in [3.63, 3.8) is 0 Å². The molecule has 0 aromatic heterocycles. The summed E-state index contributed by atoms with van der Waals surface area (Å²) in [6.07, 6.45) is 1.73. The molecule has 1 aliphatic rings. The van der Waals surface area contributed by atoms with Crippen LogP contribution in [0.1, 0.15) is 24.0 Å². The topological polar surface area (TPSA) is 29.1 Å². The van der Waals surface area contributed by atoms with Crippen LogP contribution in [0.15, 0.2) is 48.5 Å². The fraction of sp³-hybridized carbons (Fsp3) is 0.235. The van der Waals surface area contributed by atoms with E-state index in [1.807, 2.05) is 31.2 Å². The van der Waals surface area contributed by atoms with Crippen molar-refractivity contribution in [1.82, 2.24) is 0 Å². The molecule has 2 nitrogen and oxygen atoms in total. The molecule has 20 heavy (non-hydrogen) atoms. The predicted molar refractivity (Wildman–Crippen MR) is 77.1 cm³/mol. The highest BCUT2D eigenvalue weighted by molar-refractivity contribution is 6.01. The molecular formula is C17H16FNO. The fourth-order valence-corrected chi connectivity index (χ4v) is 2.43. The predicted octanol–water partition coefficient (Wildman–Crippen LogP) is 3.80. The van der Waals surface area contributed by atoms with Crippen molar-refractivity contribution in [3.05, 3.63) is 65.5 Å². The molecule has 1 aliphatic carbocycles. The van der Waals surface area contributed by atoms with Gasteiger partial charge in [0.05, 0.1) is 5.41 Å². The molecule has 3 rings (SSSR count). The number of anilines is 1. The average Bonchev–Trinajstić information content (AvgIpc) is 3.24. The van der Waals surface area contributed by atoms with Gasteiger partial charge in [-0.1, -0.05) is 29.8 Å². The van der Waals surface area contributed by atoms with Gasteiger partial charge < -0.3 is 5.32 Å². The van der Waals surface area contributed by atoms with Crippen molar-refractivity contribution in [3.8, 4) is 0 Å². The van der Waals surface area contributed by atoms with E-state index in [9.17, 15) is 9.18 Å². The van der Waals surface area contributed by atoms with Gasteiger partial charge in [0.15, 0.2) is 0 Å². The van der Waals surface area contributed by atoms with Crippen LogP contribution in [-0.2, 0) is 10.2 Å². The molecule has 3 heteroatoms. The maximum absolute atomic E-state index is 12.9. The first-order valence-corrected chi connectivity index (χ1v) is 6.74. The van der Waals surface area contributed by atoms with E-state index in [0.717, 1.165) is 18.4 Å². The quantitative estimate of drug-likeness (QED) is 0.902. The number of carbonyl (C=O) groups is 1. The minimum Gasteiger partial charge on any atom is -0.325 e. The second-order valence-corrected chi connectivity index (χ2v) is 5.41. The summed E-state index contributed by atoms with van der Waals surface area (Å²) >= 11 is 0. The van der Waals surface area contributed by atoms with Crippen molar-refractivity contribution in [2.24, 2.45) is 0 Å². The Hall–Kier alpha value is -2.16. The molecule has 1 saturated carbocycles. The lowest BCUT2D eigenvalue weighted by Crippen LogP contribution is -2.27. The van der Waals surface area contributed by atoms with Crippen molar-refractivity contribution in [2.75, 3.05) is 5.32 Å². The Labute approximate surface area is 117 Å². The summed E-state index contributed by atoms with van der Waals surface area (Å²) in [6.45, 7) is 2.03. The van der Waals surface area contributed by atoms with Crippen molar-refractivity contribution < 1.29 is 9.18 Å². The summed E-state index contributed by atoms with van der Waals surface area (Å²) < 4.78 is 12.9. The van der Waals surface area contributed by atoms with Gasteiger partial charge in [-0.25, -0.2) is 4.39 Å². The molecule has 0 aliphatic heterocycles. The number of rotatable bonds is 3. The third-order valence-electron chi connectivity index (χ3n) is 3.89. The monoisotopic (exact) mass is 269 g/mol. The van der Waals surface area contributed by atoms with E-state index in [4.69, 9.17) is 0 Å². The highest BCUT2D eigenvalue weighted by Crippen LogP contribution is 2.49. The zero-order valence-electron chi connectivity index (χ0n) is 11.3. The molecule has 1 amide bonds. The van der Waals surface area contributed by atoms with E-state index in [0.29, 0.717) is 5.69 Å². The van der Waals surface area contributed by atoms with Crippen LogP contribution in [0.5, 0.6) is 0 Å². The van der Waals surface area contributed by atoms with E-state index in [2.05, 4.69) is 5.32 Å². The molecule has 0 radical (unpaired) electrons. The van der Waals surface area contributed by atoms with Gasteiger partial charge in [0.1, 0.15) is 5.82 Å². The Bertz CT molecular complexity index is 627. The van der Waals surface area contributed by atoms with Crippen molar-refractivity contribution >= 4 is 11.6 Å². The number of amides is 1. The average molecular weight is 269 g/mol. The molecular weight excluding hydrogens is 253 g/mol. The molecule has 1 N–H and O–H groups in total. The smallest absolute Gasteiger partial charge is 0.235 e. The van der Waals surface area contributed by atoms with Gasteiger partial charge in [-0.3, -0.25) is 4.79 Å². The van der Waals surface area contributed by atoms with Crippen LogP contribution in [0.3, 0.4) is 0 Å². The second kappa shape index (κ2) is 4.75. The van der Waals surface area contributed by atoms with E-state index in [1.165, 1.54) is 17.7 Å². The van der Waals surface area contributed by atoms with Crippen molar-refractivity contribution in [2.45, 2.75) is 25.2 Å². The molecule has 2 aromatic rings. The third kappa shape index (κ3) is 2.31. The molecule has 1 fully saturated rings. The van der Waals surface area contributed by atoms with E-state index >= 15 is 0 Å². The highest BCUT2D eigenvalue weighted by Gasteiger charge is 2.51. The van der Waals surface area contributed by atoms with Crippen LogP contribution in [-0.4, -0.2) is 5.91 Å². The molecule has 0 spiro atoms. The minimum atomic E-state index is -0.401. The second-order valence-electron chi connectivity index (χ2n) is 5.41. The molecule has 2 aromatic carbocycles. The summed E-state index contributed by atoms with van der Waals surface area (Å²) in [6, 6.07) is 14.0. The molecule has 0 bridgehead atoms. The van der Waals surface area contributed by atoms with E-state index < -0.39 is 5.41 Å². The summed E-state index contributed by atoms with van der Waals surface area (Å²) in [5.41, 5.74) is 2.48. The van der Waals surface area contributed by atoms with Crippen LogP contribution < -0.4 is 5.32 Å². The SMILES string of the molecule is Cc1ccc(C2(C(=O)Nc3ccc(F)cc3)CC2)cc1. The molecule has 102 valence electrons. The number of carbonyl (C=O) groups excluding carboxylic acids is 1. The molecule has 0 unspecified atom stereocenters. The van der Waals surface area contributed by atoms with E-state index in [-0.39, 0.29) is 11.7 Å². The van der Waals surface area contributed by atoms with Gasteiger partial charge in [0, 0.05) is 5.69 Å². The van der Waals surface area contributed by atoms with Gasteiger partial charge in [0.2, 0.25) is 5.91 Å². The van der Waals surface area contributed by atoms with Crippen LogP contribution in [0.25, 0.3) is 0 Å². The fourth-order valence-electron chi connectivity index (χ4n) is 2.43. The maximum Gasteiger partial charge on any atom is 0.235 e. The van der Waals surface area contributed by atoms with Crippen LogP contribution in [0.4, 0.5) is 10.1 Å². The number of hydrogen-bond acceptors (Lipinski definition) is 1. The number of benzene rings is 2. The van der Waals surface area contributed by atoms with Gasteiger partial charge in [-0.2, -0.15) is 0 Å². The first kappa shape index (κ1) is 12.9. The summed E-state index contributed by atoms with van der Waals surface area (Å²) in [7, 11) is 0. The largest absolute Gasteiger partial charge is 0.325 e. The number of aryl methyl sites for hydroxylation is 1. The lowest BCUT2D eigenvalue weighted by molar-refractivity contribution is -0.118. The Balaban J connectivity index is 1.79. The van der Waals surface area contributed by atoms with Gasteiger partial charge in [-0.15, -0.1) is 0 Å². The first-order valence-electron chi connectivity index (χ1n) is 6.74. The minimum absolute atomic E-state index is 0.00652. The lowest BCUT2D eigenvalue weighted by atomic mass is 9.94. The van der Waals surface area contributed by atoms with Crippen molar-refractivity contribution in [1.29, 1.82) is 0 Å². The zero-order chi connectivity index (χ0) is 14.2. The normalized spacial score (nSPS) is 15.7. The first-order chi connectivity index (χ1) is 9.60. The highest BCUT2D eigenvalue weighted by atomic mass is 19.1.